The Morgan fingerprint density at radius 1 is 1.06 bits per heavy atom. The van der Waals surface area contributed by atoms with Gasteiger partial charge in [0.1, 0.15) is 6.04 Å². The predicted molar refractivity (Wildman–Crippen MR) is 123 cm³/mol. The van der Waals surface area contributed by atoms with Crippen molar-refractivity contribution >= 4 is 10.9 Å². The number of aromatic nitrogens is 5. The molecule has 5 rings (SSSR count). The molecule has 0 spiro atoms. The molecule has 1 aliphatic carbocycles. The third kappa shape index (κ3) is 3.97. The van der Waals surface area contributed by atoms with Crippen LogP contribution in [0.1, 0.15) is 79.5 Å². The molecule has 1 atom stereocenters. The molecule has 2 aliphatic rings. The van der Waals surface area contributed by atoms with Crippen molar-refractivity contribution in [3.8, 4) is 0 Å². The first-order valence-electron chi connectivity index (χ1n) is 11.9. The van der Waals surface area contributed by atoms with Crippen LogP contribution in [0.2, 0.25) is 0 Å². The average molecular weight is 437 g/mol. The number of nitrogens with one attached hydrogen (secondary N) is 1. The third-order valence-electron chi connectivity index (χ3n) is 7.16. The summed E-state index contributed by atoms with van der Waals surface area (Å²) in [5.74, 6) is 0.738. The normalized spacial score (nSPS) is 20.1. The number of likely N-dealkylation sites (tertiary alicyclic amines) is 1. The minimum Gasteiger partial charge on any atom is -0.393 e. The lowest BCUT2D eigenvalue weighted by molar-refractivity contribution is 0.0651. The monoisotopic (exact) mass is 436 g/mol. The van der Waals surface area contributed by atoms with Crippen LogP contribution in [0.5, 0.6) is 0 Å². The number of hydrogen-bond acceptors (Lipinski definition) is 6. The van der Waals surface area contributed by atoms with Gasteiger partial charge in [-0.2, -0.15) is 0 Å². The number of fused-ring (bicyclic) bond motifs is 1. The molecule has 0 radical (unpaired) electrons. The van der Waals surface area contributed by atoms with Crippen LogP contribution in [-0.2, 0) is 0 Å². The highest BCUT2D eigenvalue weighted by molar-refractivity contribution is 5.83. The zero-order chi connectivity index (χ0) is 22.2. The summed E-state index contributed by atoms with van der Waals surface area (Å²) in [6, 6.07) is 6.15. The van der Waals surface area contributed by atoms with Crippen molar-refractivity contribution in [2.24, 2.45) is 0 Å². The van der Waals surface area contributed by atoms with E-state index in [2.05, 4.69) is 44.5 Å². The molecular weight excluding hydrogens is 404 g/mol. The number of aromatic amines is 1. The number of hydrogen-bond donors (Lipinski definition) is 2. The van der Waals surface area contributed by atoms with E-state index in [0.29, 0.717) is 31.5 Å². The number of nitrogens with zero attached hydrogens (tertiary/aromatic N) is 5. The number of benzene rings is 1. The van der Waals surface area contributed by atoms with Gasteiger partial charge in [0, 0.05) is 18.7 Å². The Hall–Kier alpha value is -2.58. The number of piperidine rings is 1. The second-order valence-electron chi connectivity index (χ2n) is 9.54. The molecular formula is C24H32N6O2. The van der Waals surface area contributed by atoms with E-state index in [9.17, 15) is 9.90 Å². The van der Waals surface area contributed by atoms with Gasteiger partial charge in [-0.25, -0.2) is 4.68 Å². The molecule has 3 heterocycles. The highest BCUT2D eigenvalue weighted by Crippen LogP contribution is 2.34. The number of H-pyrrole nitrogens is 1. The molecule has 3 aromatic rings. The van der Waals surface area contributed by atoms with E-state index in [1.807, 2.05) is 17.7 Å². The second-order valence-corrected chi connectivity index (χ2v) is 9.54. The van der Waals surface area contributed by atoms with Crippen molar-refractivity contribution in [3.05, 3.63) is 51.1 Å². The maximum Gasteiger partial charge on any atom is 0.253 e. The molecule has 8 nitrogen and oxygen atoms in total. The average Bonchev–Trinajstić information content (AvgIpc) is 3.26. The first kappa shape index (κ1) is 21.3. The van der Waals surface area contributed by atoms with Gasteiger partial charge in [0.15, 0.2) is 5.82 Å². The molecule has 8 heteroatoms. The second kappa shape index (κ2) is 8.75. The van der Waals surface area contributed by atoms with Crippen LogP contribution in [0.4, 0.5) is 0 Å². The fraction of sp³-hybridized carbons (Fsp3) is 0.583. The van der Waals surface area contributed by atoms with Crippen molar-refractivity contribution in [3.63, 3.8) is 0 Å². The number of aryl methyl sites for hydroxylation is 2. The van der Waals surface area contributed by atoms with E-state index >= 15 is 0 Å². The number of rotatable bonds is 4. The van der Waals surface area contributed by atoms with Crippen LogP contribution in [0, 0.1) is 13.8 Å². The summed E-state index contributed by atoms with van der Waals surface area (Å²) in [7, 11) is 0. The number of tetrazole rings is 1. The highest BCUT2D eigenvalue weighted by atomic mass is 16.3. The Kier molecular flexibility index (Phi) is 5.82. The minimum absolute atomic E-state index is 0.0984. The maximum absolute atomic E-state index is 13.4. The highest BCUT2D eigenvalue weighted by Gasteiger charge is 2.34. The molecule has 0 bridgehead atoms. The van der Waals surface area contributed by atoms with Gasteiger partial charge in [-0.3, -0.25) is 9.69 Å². The predicted octanol–water partition coefficient (Wildman–Crippen LogP) is 3.18. The topological polar surface area (TPSA) is 99.9 Å². The molecule has 1 aliphatic heterocycles. The zero-order valence-electron chi connectivity index (χ0n) is 18.9. The zero-order valence-corrected chi connectivity index (χ0v) is 18.9. The summed E-state index contributed by atoms with van der Waals surface area (Å²) < 4.78 is 1.97. The molecule has 0 amide bonds. The van der Waals surface area contributed by atoms with Crippen LogP contribution in [0.25, 0.3) is 10.9 Å². The van der Waals surface area contributed by atoms with Crippen LogP contribution >= 0.6 is 0 Å². The third-order valence-corrected chi connectivity index (χ3v) is 7.16. The van der Waals surface area contributed by atoms with E-state index in [-0.39, 0.29) is 23.7 Å². The fourth-order valence-corrected chi connectivity index (χ4v) is 5.52. The Labute approximate surface area is 187 Å². The van der Waals surface area contributed by atoms with Gasteiger partial charge < -0.3 is 10.1 Å². The summed E-state index contributed by atoms with van der Waals surface area (Å²) in [5.41, 5.74) is 3.68. The van der Waals surface area contributed by atoms with E-state index in [1.165, 1.54) is 19.3 Å². The van der Waals surface area contributed by atoms with Gasteiger partial charge in [0.05, 0.1) is 17.7 Å². The lowest BCUT2D eigenvalue weighted by Gasteiger charge is -2.36. The van der Waals surface area contributed by atoms with Gasteiger partial charge in [-0.15, -0.1) is 5.10 Å². The molecule has 1 aromatic carbocycles. The Morgan fingerprint density at radius 2 is 1.81 bits per heavy atom. The number of aliphatic hydroxyl groups is 1. The van der Waals surface area contributed by atoms with Crippen molar-refractivity contribution in [2.75, 3.05) is 13.1 Å². The fourth-order valence-electron chi connectivity index (χ4n) is 5.52. The van der Waals surface area contributed by atoms with E-state index in [1.54, 1.807) is 0 Å². The summed E-state index contributed by atoms with van der Waals surface area (Å²) in [4.78, 5) is 18.8. The van der Waals surface area contributed by atoms with Crippen LogP contribution in [0.15, 0.2) is 23.0 Å². The molecule has 1 unspecified atom stereocenters. The standard InChI is InChI=1S/C24H32N6O2/c1-15-12-16(2)21-17(13-15)14-20(24(32)25-21)22(29-10-8-19(31)9-11-29)23-26-27-28-30(23)18-6-4-3-5-7-18/h12-14,18-19,22,31H,3-11H2,1-2H3,(H,25,32). The largest absolute Gasteiger partial charge is 0.393 e. The summed E-state index contributed by atoms with van der Waals surface area (Å²) in [5, 5.41) is 24.0. The molecule has 170 valence electrons. The van der Waals surface area contributed by atoms with Crippen molar-refractivity contribution in [2.45, 2.75) is 77.0 Å². The first-order valence-corrected chi connectivity index (χ1v) is 11.9. The van der Waals surface area contributed by atoms with Crippen molar-refractivity contribution in [1.82, 2.24) is 30.1 Å². The summed E-state index contributed by atoms with van der Waals surface area (Å²) in [6.07, 6.45) is 6.83. The van der Waals surface area contributed by atoms with Gasteiger partial charge in [-0.05, 0) is 73.0 Å². The molecule has 32 heavy (non-hydrogen) atoms. The van der Waals surface area contributed by atoms with Crippen LogP contribution in [0.3, 0.4) is 0 Å². The number of aliphatic hydroxyl groups excluding tert-OH is 1. The van der Waals surface area contributed by atoms with Gasteiger partial charge >= 0.3 is 0 Å². The molecule has 2 N–H and O–H groups in total. The molecule has 1 saturated carbocycles. The SMILES string of the molecule is Cc1cc(C)c2[nH]c(=O)c(C(c3nnnn3C3CCCCC3)N3CCC(O)CC3)cc2c1. The Balaban J connectivity index is 1.64. The number of pyridine rings is 1. The van der Waals surface area contributed by atoms with E-state index < -0.39 is 0 Å². The van der Waals surface area contributed by atoms with Gasteiger partial charge in [0.2, 0.25) is 0 Å². The quantitative estimate of drug-likeness (QED) is 0.652. The maximum atomic E-state index is 13.4. The van der Waals surface area contributed by atoms with Gasteiger partial charge in [0.25, 0.3) is 5.56 Å². The van der Waals surface area contributed by atoms with E-state index in [4.69, 9.17) is 0 Å². The van der Waals surface area contributed by atoms with Crippen molar-refractivity contribution in [1.29, 1.82) is 0 Å². The smallest absolute Gasteiger partial charge is 0.253 e. The summed E-state index contributed by atoms with van der Waals surface area (Å²) >= 11 is 0. The van der Waals surface area contributed by atoms with Crippen LogP contribution < -0.4 is 5.56 Å². The Morgan fingerprint density at radius 3 is 2.56 bits per heavy atom. The lowest BCUT2D eigenvalue weighted by Crippen LogP contribution is -2.42. The molecule has 1 saturated heterocycles. The first-order chi connectivity index (χ1) is 15.5. The van der Waals surface area contributed by atoms with Crippen molar-refractivity contribution < 1.29 is 5.11 Å². The Bertz CT molecular complexity index is 1150. The van der Waals surface area contributed by atoms with E-state index in [0.717, 1.165) is 40.7 Å². The molecule has 2 aromatic heterocycles. The lowest BCUT2D eigenvalue weighted by atomic mass is 9.94. The van der Waals surface area contributed by atoms with Gasteiger partial charge in [-0.1, -0.05) is 30.9 Å². The minimum atomic E-state index is -0.339. The van der Waals surface area contributed by atoms with Crippen LogP contribution in [-0.4, -0.2) is 54.4 Å². The molecule has 2 fully saturated rings. The summed E-state index contributed by atoms with van der Waals surface area (Å²) in [6.45, 7) is 5.50.